The maximum Gasteiger partial charge on any atom is 0.303 e. The molecule has 3 rings (SSSR count). The monoisotopic (exact) mass is 838 g/mol. The zero-order valence-corrected chi connectivity index (χ0v) is 30.9. The van der Waals surface area contributed by atoms with Crippen molar-refractivity contribution < 1.29 is 85.7 Å². The van der Waals surface area contributed by atoms with E-state index in [4.69, 9.17) is 52.1 Å². The van der Waals surface area contributed by atoms with Gasteiger partial charge in [0.25, 0.3) is 0 Å². The van der Waals surface area contributed by atoms with Gasteiger partial charge < -0.3 is 52.1 Å². The van der Waals surface area contributed by atoms with Crippen molar-refractivity contribution in [1.82, 2.24) is 0 Å². The molecule has 1 aromatic carbocycles. The average Bonchev–Trinajstić information content (AvgIpc) is 3.00. The first-order chi connectivity index (χ1) is 23.9. The predicted octanol–water partition coefficient (Wildman–Crippen LogP) is 1.29. The fraction of sp³-hybridized carbons (Fsp3) is 0.594. The first-order valence-electron chi connectivity index (χ1n) is 15.5. The Labute approximate surface area is 306 Å². The van der Waals surface area contributed by atoms with Crippen molar-refractivity contribution in [2.75, 3.05) is 13.2 Å². The van der Waals surface area contributed by atoms with Crippen LogP contribution in [-0.2, 0) is 80.9 Å². The van der Waals surface area contributed by atoms with Gasteiger partial charge in [-0.15, -0.1) is 0 Å². The number of carbonyl (C=O) groups is 7. The molecule has 0 aliphatic carbocycles. The number of benzene rings is 1. The van der Waals surface area contributed by atoms with Crippen LogP contribution >= 0.6 is 22.6 Å². The van der Waals surface area contributed by atoms with Crippen LogP contribution in [0.15, 0.2) is 24.3 Å². The normalized spacial score (nSPS) is 28.6. The molecule has 2 aliphatic heterocycles. The molecule has 0 saturated carbocycles. The van der Waals surface area contributed by atoms with Crippen molar-refractivity contribution in [3.05, 3.63) is 27.8 Å². The van der Waals surface area contributed by atoms with E-state index in [1.165, 1.54) is 0 Å². The zero-order chi connectivity index (χ0) is 38.0. The van der Waals surface area contributed by atoms with Gasteiger partial charge in [-0.1, -0.05) is 0 Å². The Morgan fingerprint density at radius 2 is 0.882 bits per heavy atom. The quantitative estimate of drug-likeness (QED) is 0.155. The van der Waals surface area contributed by atoms with Crippen LogP contribution in [0.5, 0.6) is 5.75 Å². The fourth-order valence-corrected chi connectivity index (χ4v) is 5.57. The number of rotatable bonds is 13. The van der Waals surface area contributed by atoms with E-state index in [1.54, 1.807) is 24.3 Å². The lowest BCUT2D eigenvalue weighted by molar-refractivity contribution is -0.354. The highest BCUT2D eigenvalue weighted by atomic mass is 127. The Bertz CT molecular complexity index is 1430. The molecule has 0 bridgehead atoms. The van der Waals surface area contributed by atoms with E-state index in [9.17, 15) is 33.6 Å². The molecule has 0 amide bonds. The molecular formula is C32H39IO18. The summed E-state index contributed by atoms with van der Waals surface area (Å²) in [7, 11) is 0. The van der Waals surface area contributed by atoms with E-state index in [2.05, 4.69) is 22.6 Å². The summed E-state index contributed by atoms with van der Waals surface area (Å²) in [6, 6.07) is 6.68. The van der Waals surface area contributed by atoms with Gasteiger partial charge in [-0.05, 0) is 46.9 Å². The third-order valence-corrected chi connectivity index (χ3v) is 7.67. The minimum Gasteiger partial charge on any atom is -0.463 e. The van der Waals surface area contributed by atoms with Gasteiger partial charge in [0, 0.05) is 52.0 Å². The molecule has 51 heavy (non-hydrogen) atoms. The number of ether oxygens (including phenoxy) is 11. The maximum atomic E-state index is 12.5. The summed E-state index contributed by atoms with van der Waals surface area (Å²) in [5, 5.41) is 0. The molecule has 18 nitrogen and oxygen atoms in total. The van der Waals surface area contributed by atoms with Gasteiger partial charge >= 0.3 is 41.8 Å². The molecule has 2 saturated heterocycles. The number of halogens is 1. The van der Waals surface area contributed by atoms with Gasteiger partial charge in [-0.25, -0.2) is 0 Å². The second-order valence-corrected chi connectivity index (χ2v) is 12.5. The van der Waals surface area contributed by atoms with Crippen molar-refractivity contribution in [3.63, 3.8) is 0 Å². The van der Waals surface area contributed by atoms with Crippen LogP contribution in [0.25, 0.3) is 0 Å². The Hall–Kier alpha value is -4.08. The first-order valence-corrected chi connectivity index (χ1v) is 16.5. The zero-order valence-electron chi connectivity index (χ0n) is 28.7. The molecule has 1 aromatic rings. The summed E-state index contributed by atoms with van der Waals surface area (Å²) in [5.74, 6) is -5.56. The summed E-state index contributed by atoms with van der Waals surface area (Å²) in [5.41, 5.74) is 0. The maximum absolute atomic E-state index is 12.5. The molecule has 10 atom stereocenters. The molecule has 0 spiro atoms. The number of hydrogen-bond donors (Lipinski definition) is 0. The topological polar surface area (TPSA) is 221 Å². The third kappa shape index (κ3) is 12.6. The van der Waals surface area contributed by atoms with Crippen molar-refractivity contribution in [2.24, 2.45) is 0 Å². The average molecular weight is 839 g/mol. The summed E-state index contributed by atoms with van der Waals surface area (Å²) in [6.45, 7) is 6.43. The Morgan fingerprint density at radius 1 is 0.510 bits per heavy atom. The van der Waals surface area contributed by atoms with E-state index in [0.717, 1.165) is 52.0 Å². The van der Waals surface area contributed by atoms with Crippen LogP contribution in [0, 0.1) is 3.57 Å². The van der Waals surface area contributed by atoms with Crippen molar-refractivity contribution in [2.45, 2.75) is 110 Å². The summed E-state index contributed by atoms with van der Waals surface area (Å²) in [6.07, 6.45) is -15.5. The van der Waals surface area contributed by atoms with Crippen LogP contribution in [0.4, 0.5) is 0 Å². The van der Waals surface area contributed by atoms with Crippen LogP contribution in [0.3, 0.4) is 0 Å². The molecular weight excluding hydrogens is 799 g/mol. The van der Waals surface area contributed by atoms with Crippen LogP contribution in [-0.4, -0.2) is 116 Å². The molecule has 0 aromatic heterocycles. The summed E-state index contributed by atoms with van der Waals surface area (Å²) < 4.78 is 63.3. The van der Waals surface area contributed by atoms with E-state index < -0.39 is 116 Å². The first kappa shape index (κ1) is 41.3. The highest BCUT2D eigenvalue weighted by Gasteiger charge is 2.58. The smallest absolute Gasteiger partial charge is 0.303 e. The molecule has 282 valence electrons. The van der Waals surface area contributed by atoms with Gasteiger partial charge in [0.2, 0.25) is 12.4 Å². The predicted molar refractivity (Wildman–Crippen MR) is 173 cm³/mol. The van der Waals surface area contributed by atoms with Gasteiger partial charge in [-0.2, -0.15) is 0 Å². The number of esters is 7. The molecule has 0 radical (unpaired) electrons. The Morgan fingerprint density at radius 3 is 1.33 bits per heavy atom. The van der Waals surface area contributed by atoms with Crippen LogP contribution < -0.4 is 4.74 Å². The lowest BCUT2D eigenvalue weighted by atomic mass is 9.96. The van der Waals surface area contributed by atoms with Crippen molar-refractivity contribution in [1.29, 1.82) is 0 Å². The highest BCUT2D eigenvalue weighted by molar-refractivity contribution is 14.1. The lowest BCUT2D eigenvalue weighted by Gasteiger charge is -2.48. The van der Waals surface area contributed by atoms with Crippen molar-refractivity contribution >= 4 is 64.4 Å². The molecule has 19 heteroatoms. The Kier molecular flexibility index (Phi) is 15.4. The fourth-order valence-electron chi connectivity index (χ4n) is 5.21. The van der Waals surface area contributed by atoms with E-state index in [1.807, 2.05) is 0 Å². The van der Waals surface area contributed by atoms with E-state index >= 15 is 0 Å². The second-order valence-electron chi connectivity index (χ2n) is 11.2. The van der Waals surface area contributed by atoms with Gasteiger partial charge in [0.1, 0.15) is 37.3 Å². The molecule has 0 unspecified atom stereocenters. The molecule has 2 aliphatic rings. The lowest BCUT2D eigenvalue weighted by Crippen LogP contribution is -2.67. The summed E-state index contributed by atoms with van der Waals surface area (Å²) >= 11 is 2.09. The largest absolute Gasteiger partial charge is 0.463 e. The second kappa shape index (κ2) is 19.0. The highest BCUT2D eigenvalue weighted by Crippen LogP contribution is 2.36. The standard InChI is InChI=1S/C32H39IO18/c1-14(34)41-12-23-25(43-16(3)36)27(44-17(4)37)30(47-20(7)40)32(50-23)51-26-24(13-42-15(2)35)49-31(48-22-10-8-21(33)9-11-22)29(46-19(6)39)28(26)45-18(5)38/h8-11,23-32H,12-13H2,1-7H3/t23-,24-,25-,26-,27+,28+,29-,30-,31+,32-/m1/s1. The van der Waals surface area contributed by atoms with Gasteiger partial charge in [0.05, 0.1) is 0 Å². The van der Waals surface area contributed by atoms with E-state index in [0.29, 0.717) is 0 Å². The SMILES string of the molecule is CC(=O)OC[C@H]1O[C@H](O[C@H]2[C@H](OC(C)=O)[C@@H](OC(C)=O)[C@@H](Oc3ccc(I)cc3)O[C@@H]2COC(C)=O)[C@H](OC(C)=O)[C@@H](OC(C)=O)[C@@H]1OC(C)=O. The minimum absolute atomic E-state index is 0.268. The van der Waals surface area contributed by atoms with Crippen molar-refractivity contribution in [3.8, 4) is 5.75 Å². The number of carbonyl (C=O) groups excluding carboxylic acids is 7. The van der Waals surface area contributed by atoms with Crippen LogP contribution in [0.2, 0.25) is 0 Å². The van der Waals surface area contributed by atoms with E-state index in [-0.39, 0.29) is 5.75 Å². The molecule has 2 fully saturated rings. The van der Waals surface area contributed by atoms with Gasteiger partial charge in [0.15, 0.2) is 30.7 Å². The third-order valence-electron chi connectivity index (χ3n) is 6.95. The van der Waals surface area contributed by atoms with Gasteiger partial charge in [-0.3, -0.25) is 33.6 Å². The Balaban J connectivity index is 2.16. The minimum atomic E-state index is -1.79. The molecule has 0 N–H and O–H groups in total. The molecule has 2 heterocycles. The number of hydrogen-bond acceptors (Lipinski definition) is 18. The van der Waals surface area contributed by atoms with Crippen LogP contribution in [0.1, 0.15) is 48.5 Å². The summed E-state index contributed by atoms with van der Waals surface area (Å²) in [4.78, 5) is 85.5.